The molecule has 0 aliphatic heterocycles. The molecule has 5 rings (SSSR count). The molecule has 1 aliphatic rings. The minimum Gasteiger partial charge on any atom is -0.490 e. The molecule has 50 heavy (non-hydrogen) atoms. The number of halogens is 3. The number of aryl methyl sites for hydroxylation is 1. The van der Waals surface area contributed by atoms with Crippen molar-refractivity contribution in [2.75, 3.05) is 11.9 Å². The third kappa shape index (κ3) is 10.1. The molecule has 0 spiro atoms. The first-order valence-electron chi connectivity index (χ1n) is 15.3. The quantitative estimate of drug-likeness (QED) is 0.106. The van der Waals surface area contributed by atoms with Crippen LogP contribution in [0.2, 0.25) is 0 Å². The summed E-state index contributed by atoms with van der Waals surface area (Å²) in [5, 5.41) is 53.7. The highest BCUT2D eigenvalue weighted by Gasteiger charge is 2.41. The Morgan fingerprint density at radius 2 is 1.70 bits per heavy atom. The third-order valence-corrected chi connectivity index (χ3v) is 7.78. The highest BCUT2D eigenvalue weighted by atomic mass is 19.4. The van der Waals surface area contributed by atoms with Crippen LogP contribution in [-0.4, -0.2) is 104 Å². The average molecular weight is 708 g/mol. The normalized spacial score (nSPS) is 17.0. The number of nitrogens with one attached hydrogen (secondary N) is 2. The topological polar surface area (TPSA) is 234 Å². The largest absolute Gasteiger partial charge is 0.490 e. The fourth-order valence-corrected chi connectivity index (χ4v) is 5.20. The van der Waals surface area contributed by atoms with Crippen molar-refractivity contribution in [1.29, 1.82) is 0 Å². The van der Waals surface area contributed by atoms with Crippen LogP contribution in [0.15, 0.2) is 55.1 Å². The molecule has 1 saturated carbocycles. The Morgan fingerprint density at radius 1 is 1.02 bits per heavy atom. The zero-order chi connectivity index (χ0) is 36.6. The first-order chi connectivity index (χ1) is 23.5. The number of aliphatic hydroxyl groups excluding tert-OH is 1. The summed E-state index contributed by atoms with van der Waals surface area (Å²) in [6, 6.07) is 11.2. The molecule has 3 aromatic heterocycles. The van der Waals surface area contributed by atoms with Crippen LogP contribution in [0.25, 0.3) is 16.9 Å². The SMILES string of the molecule is Cn1cnc2c(Nc3ccn(-c4ccccn4)n3)cc(O[C@H]3CC[C@@H](NC[C@@H](O)C(F)(F)F)CC3)cc21.O=C(O)CC(O)(CC(=O)O)C(=O)O. The molecule has 1 aliphatic carbocycles. The van der Waals surface area contributed by atoms with E-state index in [0.717, 1.165) is 16.7 Å². The average Bonchev–Trinajstić information content (AvgIpc) is 3.67. The van der Waals surface area contributed by atoms with Crippen LogP contribution in [0, 0.1) is 0 Å². The molecule has 1 aromatic carbocycles. The van der Waals surface area contributed by atoms with Gasteiger partial charge >= 0.3 is 24.1 Å². The summed E-state index contributed by atoms with van der Waals surface area (Å²) < 4.78 is 47.5. The molecule has 7 N–H and O–H groups in total. The summed E-state index contributed by atoms with van der Waals surface area (Å²) in [4.78, 5) is 39.3. The molecule has 0 unspecified atom stereocenters. The van der Waals surface area contributed by atoms with E-state index in [1.165, 1.54) is 0 Å². The number of rotatable bonds is 13. The molecule has 3 heterocycles. The van der Waals surface area contributed by atoms with Crippen LogP contribution in [0.4, 0.5) is 24.7 Å². The predicted octanol–water partition coefficient (Wildman–Crippen LogP) is 2.85. The minimum atomic E-state index is -4.61. The van der Waals surface area contributed by atoms with Gasteiger partial charge in [0.05, 0.1) is 36.5 Å². The molecule has 0 bridgehead atoms. The zero-order valence-corrected chi connectivity index (χ0v) is 26.6. The monoisotopic (exact) mass is 707 g/mol. The van der Waals surface area contributed by atoms with E-state index in [9.17, 15) is 32.7 Å². The molecule has 4 aromatic rings. The van der Waals surface area contributed by atoms with Crippen molar-refractivity contribution >= 4 is 40.4 Å². The summed E-state index contributed by atoms with van der Waals surface area (Å²) >= 11 is 0. The Kier molecular flexibility index (Phi) is 12.0. The van der Waals surface area contributed by atoms with Crippen molar-refractivity contribution < 1.29 is 57.8 Å². The smallest absolute Gasteiger partial charge is 0.415 e. The van der Waals surface area contributed by atoms with Gasteiger partial charge in [0, 0.05) is 50.2 Å². The molecule has 0 radical (unpaired) electrons. The van der Waals surface area contributed by atoms with Gasteiger partial charge in [-0.2, -0.15) is 13.2 Å². The molecule has 19 heteroatoms. The number of hydrogen-bond donors (Lipinski definition) is 7. The molecular formula is C31H36F3N7O9. The summed E-state index contributed by atoms with van der Waals surface area (Å²) in [5.41, 5.74) is -0.327. The first kappa shape index (κ1) is 37.5. The van der Waals surface area contributed by atoms with Gasteiger partial charge < -0.3 is 45.5 Å². The van der Waals surface area contributed by atoms with Crippen LogP contribution < -0.4 is 15.4 Å². The van der Waals surface area contributed by atoms with Crippen LogP contribution >= 0.6 is 0 Å². The van der Waals surface area contributed by atoms with Gasteiger partial charge in [-0.05, 0) is 37.8 Å². The van der Waals surface area contributed by atoms with Gasteiger partial charge in [0.1, 0.15) is 11.3 Å². The lowest BCUT2D eigenvalue weighted by molar-refractivity contribution is -0.202. The van der Waals surface area contributed by atoms with Gasteiger partial charge in [0.2, 0.25) is 0 Å². The standard InChI is InChI=1S/C25H28F3N7O2.C6H8O7/c1-34-15-31-24-19(32-22-9-11-35(33-22)23-4-2-3-10-29-23)12-18(13-20(24)34)37-17-7-5-16(6-8-17)30-14-21(36)25(26,27)28;7-3(8)1-6(13,5(11)12)2-4(9)10/h2-4,9-13,15-17,21,30,36H,5-8,14H2,1H3,(H,32,33);13H,1-2H2,(H,7,8)(H,9,10)(H,11,12)/t16-,17+,21-;/m1./s1. The lowest BCUT2D eigenvalue weighted by atomic mass is 9.93. The molecule has 0 amide bonds. The number of fused-ring (bicyclic) bond motifs is 1. The molecule has 270 valence electrons. The van der Waals surface area contributed by atoms with Crippen molar-refractivity contribution in [2.45, 2.75) is 68.6 Å². The van der Waals surface area contributed by atoms with Crippen molar-refractivity contribution in [3.05, 3.63) is 55.1 Å². The zero-order valence-electron chi connectivity index (χ0n) is 26.6. The second-order valence-corrected chi connectivity index (χ2v) is 11.7. The maximum atomic E-state index is 12.5. The number of pyridine rings is 1. The lowest BCUT2D eigenvalue weighted by Gasteiger charge is -2.30. The van der Waals surface area contributed by atoms with E-state index in [0.29, 0.717) is 43.1 Å². The van der Waals surface area contributed by atoms with Gasteiger partial charge in [-0.15, -0.1) is 5.10 Å². The van der Waals surface area contributed by atoms with E-state index in [4.69, 9.17) is 25.2 Å². The van der Waals surface area contributed by atoms with Crippen LogP contribution in [0.1, 0.15) is 38.5 Å². The fourth-order valence-electron chi connectivity index (χ4n) is 5.20. The Balaban J connectivity index is 0.000000369. The summed E-state index contributed by atoms with van der Waals surface area (Å²) in [6.07, 6.45) is -1.33. The van der Waals surface area contributed by atoms with E-state index >= 15 is 0 Å². The van der Waals surface area contributed by atoms with Gasteiger partial charge in [0.15, 0.2) is 23.3 Å². The third-order valence-electron chi connectivity index (χ3n) is 7.78. The Bertz CT molecular complexity index is 1760. The molecule has 1 atom stereocenters. The summed E-state index contributed by atoms with van der Waals surface area (Å²) in [5.74, 6) is -3.02. The fraction of sp³-hybridized carbons (Fsp3) is 0.419. The number of imidazole rings is 1. The number of carboxylic acid groups (broad SMARTS) is 3. The molecule has 16 nitrogen and oxygen atoms in total. The number of benzene rings is 1. The lowest BCUT2D eigenvalue weighted by Crippen LogP contribution is -2.44. The number of aromatic nitrogens is 5. The van der Waals surface area contributed by atoms with Gasteiger partial charge in [-0.3, -0.25) is 9.59 Å². The number of carbonyl (C=O) groups is 3. The number of carboxylic acids is 3. The Labute approximate surface area is 282 Å². The first-order valence-corrected chi connectivity index (χ1v) is 15.3. The van der Waals surface area contributed by atoms with Crippen LogP contribution in [-0.2, 0) is 21.4 Å². The number of alkyl halides is 3. The molecule has 1 fully saturated rings. The van der Waals surface area contributed by atoms with Crippen molar-refractivity contribution in [1.82, 2.24) is 29.6 Å². The number of aliphatic hydroxyl groups is 2. The van der Waals surface area contributed by atoms with Crippen LogP contribution in [0.3, 0.4) is 0 Å². The highest BCUT2D eigenvalue weighted by molar-refractivity contribution is 5.91. The van der Waals surface area contributed by atoms with Crippen molar-refractivity contribution in [2.24, 2.45) is 7.05 Å². The van der Waals surface area contributed by atoms with E-state index in [2.05, 4.69) is 25.7 Å². The number of anilines is 2. The summed E-state index contributed by atoms with van der Waals surface area (Å²) in [6.45, 7) is -0.498. The van der Waals surface area contributed by atoms with E-state index < -0.39 is 55.2 Å². The van der Waals surface area contributed by atoms with E-state index in [1.807, 2.05) is 54.2 Å². The second kappa shape index (κ2) is 16.0. The Morgan fingerprint density at radius 3 is 2.28 bits per heavy atom. The van der Waals surface area contributed by atoms with E-state index in [1.54, 1.807) is 17.2 Å². The van der Waals surface area contributed by atoms with Crippen molar-refractivity contribution in [3.63, 3.8) is 0 Å². The summed E-state index contributed by atoms with van der Waals surface area (Å²) in [7, 11) is 1.91. The maximum absolute atomic E-state index is 12.5. The highest BCUT2D eigenvalue weighted by Crippen LogP contribution is 2.33. The number of nitrogens with zero attached hydrogens (tertiary/aromatic N) is 5. The number of ether oxygens (including phenoxy) is 1. The minimum absolute atomic E-state index is 0.0625. The van der Waals surface area contributed by atoms with Gasteiger partial charge in [-0.1, -0.05) is 6.07 Å². The number of aliphatic carboxylic acids is 3. The molecular weight excluding hydrogens is 671 g/mol. The van der Waals surface area contributed by atoms with Gasteiger partial charge in [0.25, 0.3) is 0 Å². The van der Waals surface area contributed by atoms with Crippen LogP contribution in [0.5, 0.6) is 5.75 Å². The Hall–Kier alpha value is -5.27. The van der Waals surface area contributed by atoms with Gasteiger partial charge in [-0.25, -0.2) is 19.4 Å². The maximum Gasteiger partial charge on any atom is 0.415 e. The second-order valence-electron chi connectivity index (χ2n) is 11.7. The predicted molar refractivity (Wildman–Crippen MR) is 169 cm³/mol. The number of hydrogen-bond acceptors (Lipinski definition) is 11. The van der Waals surface area contributed by atoms with Crippen molar-refractivity contribution in [3.8, 4) is 11.6 Å². The molecule has 0 saturated heterocycles. The van der Waals surface area contributed by atoms with E-state index in [-0.39, 0.29) is 12.1 Å².